The van der Waals surface area contributed by atoms with E-state index in [0.29, 0.717) is 28.6 Å². The first-order chi connectivity index (χ1) is 33.2. The molecule has 4 aromatic heterocycles. The van der Waals surface area contributed by atoms with E-state index in [0.717, 1.165) is 99.2 Å². The van der Waals surface area contributed by atoms with Crippen LogP contribution in [0, 0.1) is 22.7 Å². The smallest absolute Gasteiger partial charge is 0.164 e. The summed E-state index contributed by atoms with van der Waals surface area (Å²) in [6.45, 7) is 0. The van der Waals surface area contributed by atoms with Crippen molar-refractivity contribution < 1.29 is 0 Å². The monoisotopic (exact) mass is 854 g/mol. The Bertz CT molecular complexity index is 4070. The maximum absolute atomic E-state index is 9.60. The summed E-state index contributed by atoms with van der Waals surface area (Å²) in [5.74, 6) is 1.45. The molecule has 0 amide bonds. The van der Waals surface area contributed by atoms with Crippen LogP contribution in [0.2, 0.25) is 0 Å². The van der Waals surface area contributed by atoms with Crippen molar-refractivity contribution in [2.45, 2.75) is 0 Å². The van der Waals surface area contributed by atoms with Crippen molar-refractivity contribution in [1.29, 1.82) is 10.5 Å². The standard InChI is InChI=1S/C59H34N8/c60-35-37-24-28-39(29-25-37)57-62-58(40-30-26-38(36-61)27-31-40)64-59(63-57)41-32-33-50-47(34-41)53-55-51(46-21-11-13-23-49(46)66(55)43-16-6-2-7-17-43)54-52(56(53)67(50)44-18-8-3-9-19-44)45-20-10-12-22-48(45)65(54)42-14-4-1-5-15-42/h1-34H. The topological polar surface area (TPSA) is 101 Å². The quantitative estimate of drug-likeness (QED) is 0.166. The first-order valence-corrected chi connectivity index (χ1v) is 22.1. The van der Waals surface area contributed by atoms with Crippen molar-refractivity contribution in [1.82, 2.24) is 28.7 Å². The van der Waals surface area contributed by atoms with E-state index in [2.05, 4.69) is 184 Å². The molecule has 0 fully saturated rings. The van der Waals surface area contributed by atoms with Gasteiger partial charge in [0.25, 0.3) is 0 Å². The second-order valence-corrected chi connectivity index (χ2v) is 16.6. The van der Waals surface area contributed by atoms with Crippen molar-refractivity contribution in [2.75, 3.05) is 0 Å². The highest BCUT2D eigenvalue weighted by molar-refractivity contribution is 6.40. The molecule has 8 heteroatoms. The van der Waals surface area contributed by atoms with Crippen molar-refractivity contribution in [3.05, 3.63) is 217 Å². The van der Waals surface area contributed by atoms with Gasteiger partial charge in [-0.2, -0.15) is 10.5 Å². The van der Waals surface area contributed by atoms with Crippen LogP contribution in [0.5, 0.6) is 0 Å². The van der Waals surface area contributed by atoms with E-state index in [4.69, 9.17) is 15.0 Å². The van der Waals surface area contributed by atoms with Gasteiger partial charge in [-0.05, 0) is 115 Å². The Morgan fingerprint density at radius 1 is 0.313 bits per heavy atom. The fraction of sp³-hybridized carbons (Fsp3) is 0. The molecule has 310 valence electrons. The molecule has 0 aliphatic rings. The number of aromatic nitrogens is 6. The normalized spacial score (nSPS) is 11.6. The zero-order chi connectivity index (χ0) is 44.6. The van der Waals surface area contributed by atoms with Crippen molar-refractivity contribution in [2.24, 2.45) is 0 Å². The van der Waals surface area contributed by atoms with Crippen LogP contribution in [0.25, 0.3) is 117 Å². The number of fused-ring (bicyclic) bond motifs is 12. The summed E-state index contributed by atoms with van der Waals surface area (Å²) >= 11 is 0. The van der Waals surface area contributed by atoms with Crippen LogP contribution in [-0.4, -0.2) is 28.7 Å². The van der Waals surface area contributed by atoms with Gasteiger partial charge in [0.15, 0.2) is 17.5 Å². The molecule has 4 heterocycles. The highest BCUT2D eigenvalue weighted by Crippen LogP contribution is 2.50. The molecule has 8 nitrogen and oxygen atoms in total. The molecule has 0 atom stereocenters. The highest BCUT2D eigenvalue weighted by atomic mass is 15.1. The molecule has 0 saturated heterocycles. The molecule has 0 aliphatic heterocycles. The number of hydrogen-bond acceptors (Lipinski definition) is 5. The van der Waals surface area contributed by atoms with Gasteiger partial charge in [0, 0.05) is 66.1 Å². The zero-order valence-corrected chi connectivity index (χ0v) is 35.7. The number of benzene rings is 9. The third kappa shape index (κ3) is 5.81. The molecule has 0 bridgehead atoms. The summed E-state index contributed by atoms with van der Waals surface area (Å²) in [6.07, 6.45) is 0. The average Bonchev–Trinajstić information content (AvgIpc) is 4.05. The molecule has 13 rings (SSSR count). The Balaban J connectivity index is 1.23. The van der Waals surface area contributed by atoms with Crippen LogP contribution < -0.4 is 0 Å². The predicted octanol–water partition coefficient (Wildman–Crippen LogP) is 13.9. The number of hydrogen-bond donors (Lipinski definition) is 0. The Morgan fingerprint density at radius 3 is 1.04 bits per heavy atom. The van der Waals surface area contributed by atoms with Gasteiger partial charge in [-0.1, -0.05) is 91.0 Å². The number of nitriles is 2. The van der Waals surface area contributed by atoms with Gasteiger partial charge in [-0.15, -0.1) is 0 Å². The summed E-state index contributed by atoms with van der Waals surface area (Å²) in [7, 11) is 0. The summed E-state index contributed by atoms with van der Waals surface area (Å²) in [5.41, 5.74) is 13.2. The minimum Gasteiger partial charge on any atom is -0.308 e. The Kier molecular flexibility index (Phi) is 8.48. The lowest BCUT2D eigenvalue weighted by Crippen LogP contribution is -2.00. The van der Waals surface area contributed by atoms with E-state index in [1.165, 1.54) is 0 Å². The maximum Gasteiger partial charge on any atom is 0.164 e. The Labute approximate surface area is 383 Å². The molecular formula is C59H34N8. The Morgan fingerprint density at radius 2 is 0.642 bits per heavy atom. The number of rotatable bonds is 6. The Hall–Kier alpha value is -9.63. The summed E-state index contributed by atoms with van der Waals surface area (Å²) in [5, 5.41) is 26.0. The van der Waals surface area contributed by atoms with E-state index >= 15 is 0 Å². The fourth-order valence-electron chi connectivity index (χ4n) is 10.0. The molecule has 67 heavy (non-hydrogen) atoms. The van der Waals surface area contributed by atoms with Crippen LogP contribution in [0.15, 0.2) is 206 Å². The van der Waals surface area contributed by atoms with Crippen LogP contribution in [-0.2, 0) is 0 Å². The maximum atomic E-state index is 9.60. The van der Waals surface area contributed by atoms with Gasteiger partial charge in [-0.3, -0.25) is 0 Å². The molecule has 0 unspecified atom stereocenters. The van der Waals surface area contributed by atoms with Gasteiger partial charge in [0.05, 0.1) is 56.4 Å². The molecule has 0 aliphatic carbocycles. The van der Waals surface area contributed by atoms with Gasteiger partial charge in [0.2, 0.25) is 0 Å². The minimum absolute atomic E-state index is 0.475. The fourth-order valence-corrected chi connectivity index (χ4v) is 10.0. The molecule has 0 N–H and O–H groups in total. The van der Waals surface area contributed by atoms with E-state index in [-0.39, 0.29) is 0 Å². The third-order valence-corrected chi connectivity index (χ3v) is 12.9. The van der Waals surface area contributed by atoms with Crippen LogP contribution in [0.3, 0.4) is 0 Å². The van der Waals surface area contributed by atoms with Crippen molar-refractivity contribution in [3.8, 4) is 63.4 Å². The van der Waals surface area contributed by atoms with Crippen LogP contribution >= 0.6 is 0 Å². The predicted molar refractivity (Wildman–Crippen MR) is 269 cm³/mol. The molecule has 0 radical (unpaired) electrons. The molecule has 0 spiro atoms. The lowest BCUT2D eigenvalue weighted by molar-refractivity contribution is 1.07. The molecule has 13 aromatic rings. The zero-order valence-electron chi connectivity index (χ0n) is 35.7. The van der Waals surface area contributed by atoms with Gasteiger partial charge in [-0.25, -0.2) is 15.0 Å². The first-order valence-electron chi connectivity index (χ1n) is 22.1. The van der Waals surface area contributed by atoms with Crippen LogP contribution in [0.4, 0.5) is 0 Å². The SMILES string of the molecule is N#Cc1ccc(-c2nc(-c3ccc(C#N)cc3)nc(-c3ccc4c(c3)c3c5c(c6ccccc6n5-c5ccccc5)c5c(c6ccccc6n5-c5ccccc5)c3n4-c3ccccc3)n2)cc1. The van der Waals surface area contributed by atoms with Crippen LogP contribution in [0.1, 0.15) is 11.1 Å². The van der Waals surface area contributed by atoms with Gasteiger partial charge in [0.1, 0.15) is 0 Å². The first kappa shape index (κ1) is 37.9. The van der Waals surface area contributed by atoms with Crippen molar-refractivity contribution in [3.63, 3.8) is 0 Å². The number of para-hydroxylation sites is 5. The van der Waals surface area contributed by atoms with E-state index < -0.39 is 0 Å². The van der Waals surface area contributed by atoms with E-state index in [1.807, 2.05) is 24.3 Å². The minimum atomic E-state index is 0.475. The average molecular weight is 855 g/mol. The third-order valence-electron chi connectivity index (χ3n) is 12.9. The van der Waals surface area contributed by atoms with Gasteiger partial charge < -0.3 is 13.7 Å². The second kappa shape index (κ2) is 15.0. The summed E-state index contributed by atoms with van der Waals surface area (Å²) in [4.78, 5) is 15.3. The second-order valence-electron chi connectivity index (χ2n) is 16.6. The summed E-state index contributed by atoms with van der Waals surface area (Å²) < 4.78 is 7.32. The summed E-state index contributed by atoms with van der Waals surface area (Å²) in [6, 6.07) is 75.1. The lowest BCUT2D eigenvalue weighted by Gasteiger charge is -2.13. The van der Waals surface area contributed by atoms with Crippen molar-refractivity contribution >= 4 is 65.4 Å². The van der Waals surface area contributed by atoms with Gasteiger partial charge >= 0.3 is 0 Å². The molecule has 0 saturated carbocycles. The highest BCUT2D eigenvalue weighted by Gasteiger charge is 2.29. The molecule has 9 aromatic carbocycles. The number of nitrogens with zero attached hydrogens (tertiary/aromatic N) is 8. The lowest BCUT2D eigenvalue weighted by atomic mass is 10.0. The van der Waals surface area contributed by atoms with E-state index in [9.17, 15) is 10.5 Å². The van der Waals surface area contributed by atoms with E-state index in [1.54, 1.807) is 24.3 Å². The molecular weight excluding hydrogens is 821 g/mol. The largest absolute Gasteiger partial charge is 0.308 e.